The van der Waals surface area contributed by atoms with Crippen LogP contribution in [0, 0.1) is 18.6 Å². The number of likely N-dealkylation sites (tertiary alicyclic amines) is 1. The molecule has 2 aliphatic rings. The van der Waals surface area contributed by atoms with Crippen molar-refractivity contribution in [1.29, 1.82) is 0 Å². The molecular weight excluding hydrogens is 448 g/mol. The number of ether oxygens (including phenoxy) is 1. The van der Waals surface area contributed by atoms with Gasteiger partial charge < -0.3 is 10.1 Å². The summed E-state index contributed by atoms with van der Waals surface area (Å²) in [4.78, 5) is 17.4. The first-order valence-electron chi connectivity index (χ1n) is 11.9. The minimum Gasteiger partial charge on any atom is -0.497 e. The number of amides is 2. The van der Waals surface area contributed by atoms with Crippen molar-refractivity contribution in [3.05, 3.63) is 89.0 Å². The molecule has 182 valence electrons. The Morgan fingerprint density at radius 3 is 2.54 bits per heavy atom. The van der Waals surface area contributed by atoms with Crippen molar-refractivity contribution in [2.24, 2.45) is 0 Å². The predicted molar refractivity (Wildman–Crippen MR) is 133 cm³/mol. The molecular formula is C28H29F2N3O2. The maximum Gasteiger partial charge on any atom is 0.326 e. The van der Waals surface area contributed by atoms with Gasteiger partial charge >= 0.3 is 6.03 Å². The van der Waals surface area contributed by atoms with E-state index in [1.807, 2.05) is 48.2 Å². The quantitative estimate of drug-likeness (QED) is 0.511. The monoisotopic (exact) mass is 477 g/mol. The second-order valence-electron chi connectivity index (χ2n) is 9.57. The van der Waals surface area contributed by atoms with Gasteiger partial charge in [0.15, 0.2) is 11.6 Å². The van der Waals surface area contributed by atoms with Gasteiger partial charge in [-0.3, -0.25) is 9.80 Å². The fraction of sp³-hybridized carbons (Fsp3) is 0.321. The Labute approximate surface area is 204 Å². The number of nitrogens with one attached hydrogen (secondary N) is 1. The number of carbonyl (C=O) groups excluding carboxylic acids is 1. The van der Waals surface area contributed by atoms with E-state index in [9.17, 15) is 13.6 Å². The molecule has 5 rings (SSSR count). The van der Waals surface area contributed by atoms with Crippen LogP contribution in [0.1, 0.15) is 29.5 Å². The highest BCUT2D eigenvalue weighted by molar-refractivity contribution is 6.03. The number of hydrogen-bond acceptors (Lipinski definition) is 3. The number of piperidine rings is 1. The van der Waals surface area contributed by atoms with Crippen LogP contribution >= 0.6 is 0 Å². The standard InChI is InChI=1S/C28H29F2N3O2/c1-19-4-3-5-21(14-19)31-27(34)33-18-28(23-16-22(35-2)7-9-26(23)33)10-12-32(13-11-28)17-20-6-8-24(29)25(30)15-20/h3-9,14-16H,10-13,17-18H2,1-2H3,(H,31,34). The first-order chi connectivity index (χ1) is 16.9. The Balaban J connectivity index is 1.35. The van der Waals surface area contributed by atoms with E-state index >= 15 is 0 Å². The van der Waals surface area contributed by atoms with Crippen molar-refractivity contribution in [2.45, 2.75) is 31.7 Å². The summed E-state index contributed by atoms with van der Waals surface area (Å²) in [6.45, 7) is 4.74. The van der Waals surface area contributed by atoms with Gasteiger partial charge in [-0.1, -0.05) is 18.2 Å². The third-order valence-electron chi connectivity index (χ3n) is 7.24. The molecule has 0 bridgehead atoms. The van der Waals surface area contributed by atoms with Gasteiger partial charge in [0.25, 0.3) is 0 Å². The molecule has 5 nitrogen and oxygen atoms in total. The van der Waals surface area contributed by atoms with Crippen molar-refractivity contribution in [3.8, 4) is 5.75 Å². The van der Waals surface area contributed by atoms with Crippen LogP contribution in [0.15, 0.2) is 60.7 Å². The van der Waals surface area contributed by atoms with Crippen LogP contribution in [0.2, 0.25) is 0 Å². The van der Waals surface area contributed by atoms with Crippen molar-refractivity contribution in [1.82, 2.24) is 4.90 Å². The molecule has 3 aromatic carbocycles. The number of methoxy groups -OCH3 is 1. The SMILES string of the molecule is COc1ccc2c(c1)C1(CCN(Cc3ccc(F)c(F)c3)CC1)CN2C(=O)Nc1cccc(C)c1. The number of hydrogen-bond donors (Lipinski definition) is 1. The van der Waals surface area contributed by atoms with E-state index in [0.29, 0.717) is 13.1 Å². The topological polar surface area (TPSA) is 44.8 Å². The molecule has 1 fully saturated rings. The van der Waals surface area contributed by atoms with Crippen LogP contribution in [-0.2, 0) is 12.0 Å². The highest BCUT2D eigenvalue weighted by atomic mass is 19.2. The lowest BCUT2D eigenvalue weighted by Crippen LogP contribution is -2.46. The van der Waals surface area contributed by atoms with Gasteiger partial charge in [0.1, 0.15) is 5.75 Å². The van der Waals surface area contributed by atoms with Crippen LogP contribution in [0.25, 0.3) is 0 Å². The Kier molecular flexibility index (Phi) is 6.19. The molecule has 2 heterocycles. The van der Waals surface area contributed by atoms with E-state index in [2.05, 4.69) is 16.3 Å². The van der Waals surface area contributed by atoms with Gasteiger partial charge in [0.2, 0.25) is 0 Å². The highest BCUT2D eigenvalue weighted by Gasteiger charge is 2.46. The Morgan fingerprint density at radius 1 is 1.03 bits per heavy atom. The molecule has 35 heavy (non-hydrogen) atoms. The molecule has 0 unspecified atom stereocenters. The minimum atomic E-state index is -0.827. The van der Waals surface area contributed by atoms with Crippen LogP contribution in [0.4, 0.5) is 25.0 Å². The number of nitrogens with zero attached hydrogens (tertiary/aromatic N) is 2. The predicted octanol–water partition coefficient (Wildman–Crippen LogP) is 5.87. The van der Waals surface area contributed by atoms with E-state index in [4.69, 9.17) is 4.74 Å². The summed E-state index contributed by atoms with van der Waals surface area (Å²) in [6.07, 6.45) is 1.70. The molecule has 0 radical (unpaired) electrons. The lowest BCUT2D eigenvalue weighted by molar-refractivity contribution is 0.159. The second-order valence-corrected chi connectivity index (χ2v) is 9.57. The number of halogens is 2. The van der Waals surface area contributed by atoms with E-state index in [-0.39, 0.29) is 11.4 Å². The molecule has 0 aliphatic carbocycles. The van der Waals surface area contributed by atoms with Gasteiger partial charge in [0.05, 0.1) is 7.11 Å². The smallest absolute Gasteiger partial charge is 0.326 e. The molecule has 0 saturated carbocycles. The molecule has 7 heteroatoms. The molecule has 1 saturated heterocycles. The minimum absolute atomic E-state index is 0.150. The zero-order valence-electron chi connectivity index (χ0n) is 20.0. The van der Waals surface area contributed by atoms with Gasteiger partial charge in [-0.05, 0) is 92.0 Å². The number of carbonyl (C=O) groups is 1. The summed E-state index contributed by atoms with van der Waals surface area (Å²) >= 11 is 0. The summed E-state index contributed by atoms with van der Waals surface area (Å²) in [5.74, 6) is -0.872. The summed E-state index contributed by atoms with van der Waals surface area (Å²) in [5, 5.41) is 3.05. The van der Waals surface area contributed by atoms with Crippen LogP contribution in [0.5, 0.6) is 5.75 Å². The normalized spacial score (nSPS) is 16.9. The average molecular weight is 478 g/mol. The third kappa shape index (κ3) is 4.60. The number of fused-ring (bicyclic) bond motifs is 2. The van der Waals surface area contributed by atoms with Gasteiger partial charge in [-0.25, -0.2) is 13.6 Å². The molecule has 0 aromatic heterocycles. The number of rotatable bonds is 4. The highest BCUT2D eigenvalue weighted by Crippen LogP contribution is 2.48. The Morgan fingerprint density at radius 2 is 1.83 bits per heavy atom. The van der Waals surface area contributed by atoms with Gasteiger partial charge in [-0.2, -0.15) is 0 Å². The number of aryl methyl sites for hydroxylation is 1. The number of urea groups is 1. The first kappa shape index (κ1) is 23.3. The fourth-order valence-electron chi connectivity index (χ4n) is 5.33. The van der Waals surface area contributed by atoms with E-state index in [1.165, 1.54) is 12.1 Å². The fourth-order valence-corrected chi connectivity index (χ4v) is 5.33. The van der Waals surface area contributed by atoms with Crippen LogP contribution in [0.3, 0.4) is 0 Å². The van der Waals surface area contributed by atoms with Crippen LogP contribution in [-0.4, -0.2) is 37.7 Å². The Hall–Kier alpha value is -3.45. The third-order valence-corrected chi connectivity index (χ3v) is 7.24. The molecule has 0 atom stereocenters. The van der Waals surface area contributed by atoms with E-state index in [1.54, 1.807) is 13.2 Å². The Bertz CT molecular complexity index is 1250. The van der Waals surface area contributed by atoms with E-state index < -0.39 is 11.6 Å². The summed E-state index contributed by atoms with van der Waals surface area (Å²) in [6, 6.07) is 17.6. The summed E-state index contributed by atoms with van der Waals surface area (Å²) < 4.78 is 32.5. The van der Waals surface area contributed by atoms with Gasteiger partial charge in [0, 0.05) is 29.9 Å². The first-order valence-corrected chi connectivity index (χ1v) is 11.9. The maximum absolute atomic E-state index is 13.7. The maximum atomic E-state index is 13.7. The largest absolute Gasteiger partial charge is 0.497 e. The second kappa shape index (κ2) is 9.30. The van der Waals surface area contributed by atoms with Crippen molar-refractivity contribution < 1.29 is 18.3 Å². The van der Waals surface area contributed by atoms with E-state index in [0.717, 1.165) is 59.7 Å². The zero-order chi connectivity index (χ0) is 24.6. The summed E-state index contributed by atoms with van der Waals surface area (Å²) in [5.41, 5.74) is 4.46. The van der Waals surface area contributed by atoms with Crippen LogP contribution < -0.4 is 15.0 Å². The lowest BCUT2D eigenvalue weighted by atomic mass is 9.74. The molecule has 2 aliphatic heterocycles. The van der Waals surface area contributed by atoms with Crippen molar-refractivity contribution in [3.63, 3.8) is 0 Å². The number of benzene rings is 3. The van der Waals surface area contributed by atoms with Crippen molar-refractivity contribution >= 4 is 17.4 Å². The molecule has 1 spiro atoms. The number of anilines is 2. The summed E-state index contributed by atoms with van der Waals surface area (Å²) in [7, 11) is 1.65. The molecule has 2 amide bonds. The average Bonchev–Trinajstić information content (AvgIpc) is 3.16. The van der Waals surface area contributed by atoms with Gasteiger partial charge in [-0.15, -0.1) is 0 Å². The zero-order valence-corrected chi connectivity index (χ0v) is 20.0. The molecule has 1 N–H and O–H groups in total. The molecule has 3 aromatic rings. The lowest BCUT2D eigenvalue weighted by Gasteiger charge is -2.40. The van der Waals surface area contributed by atoms with Crippen molar-refractivity contribution in [2.75, 3.05) is 37.0 Å².